The second-order valence-corrected chi connectivity index (χ2v) is 6.25. The topological polar surface area (TPSA) is 3.24 Å². The molecule has 0 radical (unpaired) electrons. The van der Waals surface area contributed by atoms with Crippen molar-refractivity contribution in [3.8, 4) is 0 Å². The molecule has 28 heavy (non-hydrogen) atoms. The van der Waals surface area contributed by atoms with Gasteiger partial charge in [0.15, 0.2) is 23.3 Å². The van der Waals surface area contributed by atoms with Gasteiger partial charge in [0.25, 0.3) is 0 Å². The van der Waals surface area contributed by atoms with Crippen LogP contribution in [-0.4, -0.2) is 0 Å². The quantitative estimate of drug-likeness (QED) is 0.257. The summed E-state index contributed by atoms with van der Waals surface area (Å²) in [5.41, 5.74) is -2.19. The third kappa shape index (κ3) is 2.63. The summed E-state index contributed by atoms with van der Waals surface area (Å²) in [4.78, 5) is 0.908. The van der Waals surface area contributed by atoms with E-state index in [9.17, 15) is 30.7 Å². The Morgan fingerprint density at radius 2 is 1.07 bits per heavy atom. The predicted molar refractivity (Wildman–Crippen MR) is 88.8 cm³/mol. The molecule has 0 aliphatic carbocycles. The van der Waals surface area contributed by atoms with Crippen molar-refractivity contribution >= 4 is 17.1 Å². The number of alkyl halides is 3. The molecule has 0 fully saturated rings. The van der Waals surface area contributed by atoms with E-state index in [0.29, 0.717) is 17.5 Å². The second-order valence-electron chi connectivity index (χ2n) is 6.25. The molecule has 3 aromatic carbocycles. The van der Waals surface area contributed by atoms with Crippen molar-refractivity contribution in [2.75, 3.05) is 4.90 Å². The van der Waals surface area contributed by atoms with E-state index in [1.807, 2.05) is 0 Å². The zero-order valence-corrected chi connectivity index (χ0v) is 13.9. The smallest absolute Gasteiger partial charge is 0.305 e. The lowest BCUT2D eigenvalue weighted by atomic mass is 9.94. The number of fused-ring (bicyclic) bond motifs is 2. The van der Waals surface area contributed by atoms with Gasteiger partial charge in [-0.3, -0.25) is 0 Å². The maximum Gasteiger partial charge on any atom is 0.422 e. The highest BCUT2D eigenvalue weighted by Crippen LogP contribution is 2.48. The van der Waals surface area contributed by atoms with Gasteiger partial charge in [0.05, 0.1) is 0 Å². The van der Waals surface area contributed by atoms with Crippen LogP contribution < -0.4 is 4.90 Å². The van der Waals surface area contributed by atoms with Gasteiger partial charge < -0.3 is 4.90 Å². The molecular formula is C20H10F7N. The molecule has 1 aliphatic rings. The van der Waals surface area contributed by atoms with E-state index < -0.39 is 40.7 Å². The van der Waals surface area contributed by atoms with Gasteiger partial charge >= 0.3 is 6.18 Å². The summed E-state index contributed by atoms with van der Waals surface area (Å²) in [6, 6.07) is 12.7. The number of rotatable bonds is 1. The first-order valence-electron chi connectivity index (χ1n) is 8.11. The van der Waals surface area contributed by atoms with Crippen LogP contribution in [0.4, 0.5) is 47.8 Å². The van der Waals surface area contributed by atoms with E-state index in [1.54, 1.807) is 36.4 Å². The summed E-state index contributed by atoms with van der Waals surface area (Å²) >= 11 is 0. The predicted octanol–water partition coefficient (Wildman–Crippen LogP) is 6.64. The molecule has 0 saturated heterocycles. The highest BCUT2D eigenvalue weighted by Gasteiger charge is 2.44. The average molecular weight is 397 g/mol. The molecule has 1 nitrogen and oxygen atoms in total. The fourth-order valence-corrected chi connectivity index (χ4v) is 3.40. The SMILES string of the molecule is Fc1c(F)c(C(F)(F)F)c(F)c(F)c1N1c2ccccc2Cc2ccccc21. The molecule has 0 unspecified atom stereocenters. The van der Waals surface area contributed by atoms with Crippen LogP contribution in [0.5, 0.6) is 0 Å². The number of hydrogen-bond donors (Lipinski definition) is 0. The normalized spacial score (nSPS) is 13.3. The minimum absolute atomic E-state index is 0.220. The number of halogens is 7. The van der Waals surface area contributed by atoms with E-state index in [4.69, 9.17) is 0 Å². The van der Waals surface area contributed by atoms with Crippen molar-refractivity contribution in [3.05, 3.63) is 88.5 Å². The standard InChI is InChI=1S/C20H10F7N/c21-15-14(20(25,26)27)16(22)18(24)19(17(15)23)28-12-7-3-1-5-10(12)9-11-6-2-4-8-13(11)28/h1-8H,9H2. The Bertz CT molecular complexity index is 1010. The minimum Gasteiger partial charge on any atom is -0.305 e. The first-order valence-corrected chi connectivity index (χ1v) is 8.11. The van der Waals surface area contributed by atoms with E-state index in [1.165, 1.54) is 12.1 Å². The Hall–Kier alpha value is -3.03. The number of para-hydroxylation sites is 2. The summed E-state index contributed by atoms with van der Waals surface area (Å²) in [5.74, 6) is -9.20. The first kappa shape index (κ1) is 18.3. The molecule has 0 atom stereocenters. The summed E-state index contributed by atoms with van der Waals surface area (Å²) in [6.45, 7) is 0. The van der Waals surface area contributed by atoms with Gasteiger partial charge in [-0.05, 0) is 23.3 Å². The van der Waals surface area contributed by atoms with Gasteiger partial charge in [0, 0.05) is 17.8 Å². The lowest BCUT2D eigenvalue weighted by Gasteiger charge is -2.34. The summed E-state index contributed by atoms with van der Waals surface area (Å²) in [5, 5.41) is 0. The summed E-state index contributed by atoms with van der Waals surface area (Å²) in [7, 11) is 0. The third-order valence-corrected chi connectivity index (χ3v) is 4.59. The van der Waals surface area contributed by atoms with Crippen molar-refractivity contribution in [2.45, 2.75) is 12.6 Å². The fourth-order valence-electron chi connectivity index (χ4n) is 3.40. The van der Waals surface area contributed by atoms with Gasteiger partial charge in [-0.2, -0.15) is 13.2 Å². The number of nitrogens with zero attached hydrogens (tertiary/aromatic N) is 1. The molecule has 4 rings (SSSR count). The average Bonchev–Trinajstić information content (AvgIpc) is 2.65. The summed E-state index contributed by atoms with van der Waals surface area (Å²) in [6.07, 6.45) is -5.20. The van der Waals surface area contributed by atoms with Crippen molar-refractivity contribution in [3.63, 3.8) is 0 Å². The molecule has 0 bridgehead atoms. The highest BCUT2D eigenvalue weighted by molar-refractivity contribution is 5.84. The van der Waals surface area contributed by atoms with Gasteiger partial charge in [-0.25, -0.2) is 17.6 Å². The maximum atomic E-state index is 14.7. The minimum atomic E-state index is -5.59. The zero-order chi connectivity index (χ0) is 20.2. The van der Waals surface area contributed by atoms with Crippen LogP contribution in [0, 0.1) is 23.3 Å². The molecule has 1 heterocycles. The third-order valence-electron chi connectivity index (χ3n) is 4.59. The van der Waals surface area contributed by atoms with Crippen LogP contribution >= 0.6 is 0 Å². The largest absolute Gasteiger partial charge is 0.422 e. The van der Waals surface area contributed by atoms with E-state index in [2.05, 4.69) is 0 Å². The molecule has 8 heteroatoms. The highest BCUT2D eigenvalue weighted by atomic mass is 19.4. The molecular weight excluding hydrogens is 387 g/mol. The molecule has 0 aromatic heterocycles. The van der Waals surface area contributed by atoms with Crippen molar-refractivity contribution in [1.29, 1.82) is 0 Å². The van der Waals surface area contributed by atoms with Crippen molar-refractivity contribution < 1.29 is 30.7 Å². The Kier molecular flexibility index (Phi) is 4.10. The number of anilines is 3. The first-order chi connectivity index (χ1) is 13.2. The van der Waals surface area contributed by atoms with Crippen molar-refractivity contribution in [2.24, 2.45) is 0 Å². The van der Waals surface area contributed by atoms with Crippen LogP contribution in [0.15, 0.2) is 48.5 Å². The van der Waals surface area contributed by atoms with Gasteiger partial charge in [-0.15, -0.1) is 0 Å². The Labute approximate surface area is 154 Å². The lowest BCUT2D eigenvalue weighted by molar-refractivity contribution is -0.143. The van der Waals surface area contributed by atoms with E-state index in [-0.39, 0.29) is 11.4 Å². The van der Waals surface area contributed by atoms with Crippen LogP contribution in [0.2, 0.25) is 0 Å². The molecule has 0 N–H and O–H groups in total. The second kappa shape index (κ2) is 6.25. The molecule has 0 spiro atoms. The molecule has 0 saturated carbocycles. The molecule has 0 amide bonds. The van der Waals surface area contributed by atoms with Crippen molar-refractivity contribution in [1.82, 2.24) is 0 Å². The number of hydrogen-bond acceptors (Lipinski definition) is 1. The van der Waals surface area contributed by atoms with Gasteiger partial charge in [-0.1, -0.05) is 36.4 Å². The maximum absolute atomic E-state index is 14.7. The van der Waals surface area contributed by atoms with Gasteiger partial charge in [0.1, 0.15) is 11.3 Å². The van der Waals surface area contributed by atoms with E-state index in [0.717, 1.165) is 4.90 Å². The Morgan fingerprint density at radius 3 is 1.50 bits per heavy atom. The Morgan fingerprint density at radius 1 is 0.643 bits per heavy atom. The number of benzene rings is 3. The van der Waals surface area contributed by atoms with Crippen LogP contribution in [-0.2, 0) is 12.6 Å². The zero-order valence-electron chi connectivity index (χ0n) is 13.9. The molecule has 1 aliphatic heterocycles. The van der Waals surface area contributed by atoms with Crippen LogP contribution in [0.25, 0.3) is 0 Å². The molecule has 144 valence electrons. The van der Waals surface area contributed by atoms with Crippen LogP contribution in [0.1, 0.15) is 16.7 Å². The Balaban J connectivity index is 2.06. The molecule has 3 aromatic rings. The lowest BCUT2D eigenvalue weighted by Crippen LogP contribution is -2.24. The van der Waals surface area contributed by atoms with E-state index >= 15 is 0 Å². The van der Waals surface area contributed by atoms with Crippen LogP contribution in [0.3, 0.4) is 0 Å². The fraction of sp³-hybridized carbons (Fsp3) is 0.100. The summed E-state index contributed by atoms with van der Waals surface area (Å²) < 4.78 is 96.4. The monoisotopic (exact) mass is 397 g/mol. The van der Waals surface area contributed by atoms with Gasteiger partial charge in [0.2, 0.25) is 0 Å².